The van der Waals surface area contributed by atoms with Crippen LogP contribution in [0.15, 0.2) is 24.3 Å². The van der Waals surface area contributed by atoms with Crippen LogP contribution in [0.2, 0.25) is 5.02 Å². The summed E-state index contributed by atoms with van der Waals surface area (Å²) in [5, 5.41) is 19.2. The van der Waals surface area contributed by atoms with Gasteiger partial charge in [0, 0.05) is 18.6 Å². The van der Waals surface area contributed by atoms with Crippen LogP contribution >= 0.6 is 11.6 Å². The van der Waals surface area contributed by atoms with Crippen LogP contribution in [0.5, 0.6) is 0 Å². The monoisotopic (exact) mass is 308 g/mol. The predicted molar refractivity (Wildman–Crippen MR) is 82.6 cm³/mol. The summed E-state index contributed by atoms with van der Waals surface area (Å²) in [6, 6.07) is 7.37. The van der Waals surface area contributed by atoms with Crippen molar-refractivity contribution in [1.82, 2.24) is 9.78 Å². The fourth-order valence-electron chi connectivity index (χ4n) is 2.20. The summed E-state index contributed by atoms with van der Waals surface area (Å²) in [7, 11) is 1.70. The molecule has 0 amide bonds. The lowest BCUT2D eigenvalue weighted by molar-refractivity contribution is -0.384. The molecule has 6 nitrogen and oxygen atoms in total. The number of nitrogens with zero attached hydrogens (tertiary/aromatic N) is 3. The number of anilines is 1. The Morgan fingerprint density at radius 2 is 2.24 bits per heavy atom. The van der Waals surface area contributed by atoms with E-state index in [2.05, 4.69) is 10.4 Å². The van der Waals surface area contributed by atoms with Crippen LogP contribution in [0.3, 0.4) is 0 Å². The van der Waals surface area contributed by atoms with Crippen molar-refractivity contribution in [3.63, 3.8) is 0 Å². The van der Waals surface area contributed by atoms with Crippen LogP contribution in [0.1, 0.15) is 24.6 Å². The molecule has 1 N–H and O–H groups in total. The maximum Gasteiger partial charge on any atom is 0.334 e. The third-order valence-electron chi connectivity index (χ3n) is 3.11. The lowest BCUT2D eigenvalue weighted by atomic mass is 10.2. The first kappa shape index (κ1) is 15.3. The molecule has 21 heavy (non-hydrogen) atoms. The van der Waals surface area contributed by atoms with Crippen molar-refractivity contribution in [3.8, 4) is 0 Å². The van der Waals surface area contributed by atoms with Gasteiger partial charge >= 0.3 is 5.69 Å². The van der Waals surface area contributed by atoms with Gasteiger partial charge in [-0.15, -0.1) is 0 Å². The minimum atomic E-state index is -0.377. The van der Waals surface area contributed by atoms with E-state index in [4.69, 9.17) is 11.6 Å². The Bertz CT molecular complexity index is 654. The summed E-state index contributed by atoms with van der Waals surface area (Å²) in [5.74, 6) is 0.420. The predicted octanol–water partition coefficient (Wildman–Crippen LogP) is 3.55. The van der Waals surface area contributed by atoms with Gasteiger partial charge in [0.05, 0.1) is 4.92 Å². The molecule has 0 saturated heterocycles. The standard InChI is InChI=1S/C14H17ClN4O2/c1-3-5-12-13(19(20)21)14(18(2)17-12)16-9-10-6-4-7-11(15)8-10/h4,6-8,16H,3,5,9H2,1-2H3. The highest BCUT2D eigenvalue weighted by molar-refractivity contribution is 6.30. The molecule has 0 spiro atoms. The smallest absolute Gasteiger partial charge is 0.334 e. The molecule has 0 atom stereocenters. The summed E-state index contributed by atoms with van der Waals surface area (Å²) in [6.07, 6.45) is 1.40. The number of benzene rings is 1. The molecule has 0 aliphatic carbocycles. The lowest BCUT2D eigenvalue weighted by Crippen LogP contribution is -2.06. The van der Waals surface area contributed by atoms with E-state index in [1.807, 2.05) is 25.1 Å². The second-order valence-corrected chi connectivity index (χ2v) is 5.19. The van der Waals surface area contributed by atoms with E-state index < -0.39 is 0 Å². The number of hydrogen-bond acceptors (Lipinski definition) is 4. The van der Waals surface area contributed by atoms with Gasteiger partial charge in [-0.2, -0.15) is 5.10 Å². The quantitative estimate of drug-likeness (QED) is 0.654. The Morgan fingerprint density at radius 1 is 1.48 bits per heavy atom. The number of nitro groups is 1. The minimum Gasteiger partial charge on any atom is -0.360 e. The van der Waals surface area contributed by atoms with Gasteiger partial charge < -0.3 is 5.32 Å². The van der Waals surface area contributed by atoms with E-state index in [-0.39, 0.29) is 10.6 Å². The average molecular weight is 309 g/mol. The highest BCUT2D eigenvalue weighted by atomic mass is 35.5. The van der Waals surface area contributed by atoms with Gasteiger partial charge in [-0.05, 0) is 24.1 Å². The molecule has 0 aliphatic heterocycles. The molecule has 0 bridgehead atoms. The van der Waals surface area contributed by atoms with Gasteiger partial charge in [-0.1, -0.05) is 37.1 Å². The Hall–Kier alpha value is -2.08. The molecule has 2 rings (SSSR count). The van der Waals surface area contributed by atoms with Crippen molar-refractivity contribution in [2.45, 2.75) is 26.3 Å². The lowest BCUT2D eigenvalue weighted by Gasteiger charge is -2.06. The highest BCUT2D eigenvalue weighted by Crippen LogP contribution is 2.29. The number of halogens is 1. The Balaban J connectivity index is 2.25. The zero-order valence-corrected chi connectivity index (χ0v) is 12.7. The van der Waals surface area contributed by atoms with Crippen LogP contribution in [0.4, 0.5) is 11.5 Å². The van der Waals surface area contributed by atoms with E-state index in [1.54, 1.807) is 13.1 Å². The maximum absolute atomic E-state index is 11.3. The van der Waals surface area contributed by atoms with Crippen molar-refractivity contribution in [3.05, 3.63) is 50.7 Å². The summed E-state index contributed by atoms with van der Waals surface area (Å²) in [4.78, 5) is 10.9. The molecule has 7 heteroatoms. The zero-order valence-electron chi connectivity index (χ0n) is 12.0. The first-order chi connectivity index (χ1) is 10.0. The molecule has 112 valence electrons. The molecule has 1 aromatic carbocycles. The largest absolute Gasteiger partial charge is 0.360 e. The van der Waals surface area contributed by atoms with Crippen LogP contribution in [0, 0.1) is 10.1 Å². The van der Waals surface area contributed by atoms with Gasteiger partial charge in [0.25, 0.3) is 0 Å². The number of aryl methyl sites for hydroxylation is 2. The van der Waals surface area contributed by atoms with E-state index in [0.29, 0.717) is 29.5 Å². The number of nitrogens with one attached hydrogen (secondary N) is 1. The van der Waals surface area contributed by atoms with E-state index in [9.17, 15) is 10.1 Å². The average Bonchev–Trinajstić information content (AvgIpc) is 2.73. The van der Waals surface area contributed by atoms with E-state index >= 15 is 0 Å². The second kappa shape index (κ2) is 6.58. The molecule has 1 aromatic heterocycles. The van der Waals surface area contributed by atoms with Gasteiger partial charge in [-0.25, -0.2) is 4.68 Å². The molecule has 0 aliphatic rings. The van der Waals surface area contributed by atoms with Crippen molar-refractivity contribution < 1.29 is 4.92 Å². The first-order valence-electron chi connectivity index (χ1n) is 6.71. The van der Waals surface area contributed by atoms with Crippen LogP contribution in [0.25, 0.3) is 0 Å². The molecule has 0 unspecified atom stereocenters. The van der Waals surface area contributed by atoms with Crippen LogP contribution < -0.4 is 5.32 Å². The van der Waals surface area contributed by atoms with E-state index in [1.165, 1.54) is 4.68 Å². The van der Waals surface area contributed by atoms with Crippen molar-refractivity contribution >= 4 is 23.1 Å². The number of aromatic nitrogens is 2. The summed E-state index contributed by atoms with van der Waals surface area (Å²) < 4.78 is 1.52. The molecule has 0 saturated carbocycles. The van der Waals surface area contributed by atoms with Gasteiger partial charge in [0.15, 0.2) is 0 Å². The first-order valence-corrected chi connectivity index (χ1v) is 7.09. The topological polar surface area (TPSA) is 73.0 Å². The van der Waals surface area contributed by atoms with Crippen molar-refractivity contribution in [1.29, 1.82) is 0 Å². The van der Waals surface area contributed by atoms with Crippen molar-refractivity contribution in [2.24, 2.45) is 7.05 Å². The summed E-state index contributed by atoms with van der Waals surface area (Å²) in [5.41, 5.74) is 1.52. The van der Waals surface area contributed by atoms with E-state index in [0.717, 1.165) is 12.0 Å². The van der Waals surface area contributed by atoms with Gasteiger partial charge in [-0.3, -0.25) is 10.1 Å². The Labute approximate surface area is 127 Å². The molecule has 1 heterocycles. The number of rotatable bonds is 6. The molecular weight excluding hydrogens is 292 g/mol. The van der Waals surface area contributed by atoms with Gasteiger partial charge in [0.2, 0.25) is 5.82 Å². The Kier molecular flexibility index (Phi) is 4.80. The second-order valence-electron chi connectivity index (χ2n) is 4.76. The highest BCUT2D eigenvalue weighted by Gasteiger charge is 2.25. The summed E-state index contributed by atoms with van der Waals surface area (Å²) in [6.45, 7) is 2.42. The molecular formula is C14H17ClN4O2. The molecule has 0 radical (unpaired) electrons. The SMILES string of the molecule is CCCc1nn(C)c(NCc2cccc(Cl)c2)c1[N+](=O)[O-]. The minimum absolute atomic E-state index is 0.0568. The zero-order chi connectivity index (χ0) is 15.4. The summed E-state index contributed by atoms with van der Waals surface area (Å²) >= 11 is 5.93. The third kappa shape index (κ3) is 3.52. The van der Waals surface area contributed by atoms with Crippen molar-refractivity contribution in [2.75, 3.05) is 5.32 Å². The normalized spacial score (nSPS) is 10.6. The fraction of sp³-hybridized carbons (Fsp3) is 0.357. The molecule has 0 fully saturated rings. The Morgan fingerprint density at radius 3 is 2.86 bits per heavy atom. The van der Waals surface area contributed by atoms with Gasteiger partial charge in [0.1, 0.15) is 5.69 Å². The number of hydrogen-bond donors (Lipinski definition) is 1. The van der Waals surface area contributed by atoms with Crippen LogP contribution in [-0.2, 0) is 20.0 Å². The molecule has 2 aromatic rings. The fourth-order valence-corrected chi connectivity index (χ4v) is 2.41. The van der Waals surface area contributed by atoms with Crippen LogP contribution in [-0.4, -0.2) is 14.7 Å². The maximum atomic E-state index is 11.3. The third-order valence-corrected chi connectivity index (χ3v) is 3.35.